The summed E-state index contributed by atoms with van der Waals surface area (Å²) in [6.45, 7) is 16.3. The molecule has 19 nitrogen and oxygen atoms in total. The summed E-state index contributed by atoms with van der Waals surface area (Å²) in [5, 5.41) is 13.0. The summed E-state index contributed by atoms with van der Waals surface area (Å²) in [5.74, 6) is -5.25. The summed E-state index contributed by atoms with van der Waals surface area (Å²) in [4.78, 5) is 126. The van der Waals surface area contributed by atoms with Crippen molar-refractivity contribution in [1.82, 2.24) is 30.7 Å². The monoisotopic (exact) mass is 1020 g/mol. The Morgan fingerprint density at radius 1 is 0.958 bits per heavy atom. The summed E-state index contributed by atoms with van der Waals surface area (Å²) < 4.78 is 16.5. The van der Waals surface area contributed by atoms with Crippen molar-refractivity contribution in [2.45, 2.75) is 144 Å². The van der Waals surface area contributed by atoms with Gasteiger partial charge in [0, 0.05) is 87.8 Å². The van der Waals surface area contributed by atoms with Crippen molar-refractivity contribution >= 4 is 70.3 Å². The zero-order chi connectivity index (χ0) is 54.0. The van der Waals surface area contributed by atoms with Gasteiger partial charge >= 0.3 is 17.9 Å². The topological polar surface area (TPSA) is 249 Å². The van der Waals surface area contributed by atoms with E-state index < -0.39 is 77.1 Å². The second kappa shape index (κ2) is 28.3. The Morgan fingerprint density at radius 2 is 1.62 bits per heavy atom. The molecular formula is C52H77N7O12S. The van der Waals surface area contributed by atoms with Crippen LogP contribution >= 0.6 is 11.3 Å². The number of carbonyl (C=O) groups excluding carboxylic acids is 9. The fourth-order valence-electron chi connectivity index (χ4n) is 8.06. The van der Waals surface area contributed by atoms with E-state index >= 15 is 0 Å². The molecule has 0 fully saturated rings. The zero-order valence-corrected chi connectivity index (χ0v) is 45.2. The maximum atomic E-state index is 14.4. The molecule has 398 valence electrons. The van der Waals surface area contributed by atoms with Crippen LogP contribution in [0.3, 0.4) is 0 Å². The predicted octanol–water partition coefficient (Wildman–Crippen LogP) is 5.72. The smallest absolute Gasteiger partial charge is 0.311 e. The molecule has 1 aliphatic heterocycles. The summed E-state index contributed by atoms with van der Waals surface area (Å²) in [7, 11) is 6.64. The third-order valence-corrected chi connectivity index (χ3v) is 14.2. The first-order chi connectivity index (χ1) is 33.8. The third kappa shape index (κ3) is 18.2. The molecule has 0 saturated carbocycles. The van der Waals surface area contributed by atoms with Gasteiger partial charge in [-0.1, -0.05) is 47.1 Å². The molecule has 0 bridgehead atoms. The number of methoxy groups -OCH3 is 1. The van der Waals surface area contributed by atoms with Gasteiger partial charge in [0.1, 0.15) is 10.7 Å². The van der Waals surface area contributed by atoms with E-state index in [0.717, 1.165) is 11.3 Å². The lowest BCUT2D eigenvalue weighted by atomic mass is 9.81. The van der Waals surface area contributed by atoms with Crippen LogP contribution in [-0.4, -0.2) is 127 Å². The first kappa shape index (κ1) is 60.3. The summed E-state index contributed by atoms with van der Waals surface area (Å²) >= 11 is 1.12. The van der Waals surface area contributed by atoms with E-state index in [2.05, 4.69) is 26.3 Å². The molecule has 6 atom stereocenters. The first-order valence-corrected chi connectivity index (χ1v) is 25.5. The average molecular weight is 1020 g/mol. The Labute approximate surface area is 428 Å². The SMILES string of the molecule is CC[C@H](C)[C@H](CC(=O)C(C)(C)N(C)C)C(=O)N(C)[C@H](C[C@@H](OC(C)=O)c1nc(C(=O)N[C@@H](Cc2ccc3c(c2)NC(=O)CCCNC(=O)/C(C)=C\C(=O)NCCCC(=O)O3)CC(C)C(=O)OC)cs1)C(C)C. The summed E-state index contributed by atoms with van der Waals surface area (Å²) in [5.41, 5.74) is 0.207. The molecule has 72 heavy (non-hydrogen) atoms. The van der Waals surface area contributed by atoms with E-state index in [1.165, 1.54) is 33.1 Å². The number of thiazole rings is 1. The number of amides is 5. The van der Waals surface area contributed by atoms with E-state index in [9.17, 15) is 43.2 Å². The van der Waals surface area contributed by atoms with Crippen molar-refractivity contribution in [1.29, 1.82) is 0 Å². The maximum Gasteiger partial charge on any atom is 0.311 e. The Bertz CT molecular complexity index is 2290. The lowest BCUT2D eigenvalue weighted by molar-refractivity contribution is -0.150. The molecule has 4 N–H and O–H groups in total. The molecule has 1 aliphatic rings. The molecule has 1 aromatic carbocycles. The quantitative estimate of drug-likeness (QED) is 0.0916. The number of ketones is 1. The van der Waals surface area contributed by atoms with Crippen LogP contribution in [0.1, 0.15) is 141 Å². The Balaban J connectivity index is 1.92. The first-order valence-electron chi connectivity index (χ1n) is 24.7. The van der Waals surface area contributed by atoms with Gasteiger partial charge in [-0.3, -0.25) is 48.1 Å². The van der Waals surface area contributed by atoms with Crippen LogP contribution in [0.25, 0.3) is 0 Å². The highest BCUT2D eigenvalue weighted by Gasteiger charge is 2.39. The van der Waals surface area contributed by atoms with Crippen molar-refractivity contribution < 1.29 is 57.4 Å². The molecule has 20 heteroatoms. The van der Waals surface area contributed by atoms with Gasteiger partial charge in [-0.2, -0.15) is 0 Å². The van der Waals surface area contributed by atoms with Gasteiger partial charge in [-0.05, 0) is 90.1 Å². The summed E-state index contributed by atoms with van der Waals surface area (Å²) in [6.07, 6.45) is 1.85. The van der Waals surface area contributed by atoms with Gasteiger partial charge in [0.15, 0.2) is 17.6 Å². The molecule has 2 aromatic rings. The van der Waals surface area contributed by atoms with Gasteiger partial charge < -0.3 is 40.4 Å². The standard InChI is InChI=1S/C52H77N7O12S/c1-14-31(4)37(27-43(61)52(8,9)58(10)11)50(67)59(12)40(30(2)3)28-42(70-34(7)60)49-57-39(29-72-49)48(66)55-36(23-33(6)51(68)69-13)25-35-19-20-41-38(26-35)56-44(62)17-15-22-54-47(65)32(5)24-45(63)53-21-16-18-46(64)71-41/h19-20,24,26,29-31,33,36-37,40,42H,14-18,21-23,25,27-28H2,1-13H3,(H,53,63)(H,54,65)(H,55,66)(H,56,62)/b32-24-/t31-,33?,36+,37-,40+,42+/m0/s1. The molecule has 0 radical (unpaired) electrons. The third-order valence-electron chi connectivity index (χ3n) is 13.3. The van der Waals surface area contributed by atoms with Crippen LogP contribution in [0, 0.1) is 23.7 Å². The Morgan fingerprint density at radius 3 is 2.25 bits per heavy atom. The molecule has 3 rings (SSSR count). The normalized spacial score (nSPS) is 17.6. The maximum absolute atomic E-state index is 14.4. The van der Waals surface area contributed by atoms with E-state index in [1.807, 2.05) is 60.5 Å². The number of hydrogen-bond donors (Lipinski definition) is 4. The number of ether oxygens (including phenoxy) is 3. The van der Waals surface area contributed by atoms with Gasteiger partial charge in [0.2, 0.25) is 23.6 Å². The minimum atomic E-state index is -0.934. The molecule has 1 unspecified atom stereocenters. The minimum absolute atomic E-state index is 0.00581. The summed E-state index contributed by atoms with van der Waals surface area (Å²) in [6, 6.07) is 3.64. The number of nitrogens with one attached hydrogen (secondary N) is 4. The second-order valence-corrected chi connectivity index (χ2v) is 20.6. The minimum Gasteiger partial charge on any atom is -0.469 e. The average Bonchev–Trinajstić information content (AvgIpc) is 3.82. The van der Waals surface area contributed by atoms with Crippen LogP contribution < -0.4 is 26.0 Å². The zero-order valence-electron chi connectivity index (χ0n) is 44.4. The number of benzene rings is 1. The number of Topliss-reactive ketones (excluding diaryl/α,β-unsaturated/α-hetero) is 1. The number of anilines is 1. The number of carbonyl (C=O) groups is 9. The number of aromatic nitrogens is 1. The molecule has 1 aromatic heterocycles. The number of rotatable bonds is 20. The second-order valence-electron chi connectivity index (χ2n) is 19.7. The molecule has 0 aliphatic carbocycles. The number of nitrogens with zero attached hydrogens (tertiary/aromatic N) is 3. The predicted molar refractivity (Wildman–Crippen MR) is 273 cm³/mol. The molecule has 5 amide bonds. The van der Waals surface area contributed by atoms with Crippen LogP contribution in [0.4, 0.5) is 5.69 Å². The highest BCUT2D eigenvalue weighted by molar-refractivity contribution is 7.09. The molecule has 2 heterocycles. The van der Waals surface area contributed by atoms with Crippen LogP contribution in [0.5, 0.6) is 5.75 Å². The Kier molecular flexibility index (Phi) is 23.7. The fourth-order valence-corrected chi connectivity index (χ4v) is 8.90. The van der Waals surface area contributed by atoms with Crippen molar-refractivity contribution in [3.8, 4) is 5.75 Å². The number of likely N-dealkylation sites (N-methyl/N-ethyl adjacent to an activating group) is 1. The van der Waals surface area contributed by atoms with Gasteiger partial charge in [0.05, 0.1) is 24.3 Å². The fraction of sp³-hybridized carbons (Fsp3) is 0.615. The van der Waals surface area contributed by atoms with Crippen molar-refractivity contribution in [2.24, 2.45) is 23.7 Å². The van der Waals surface area contributed by atoms with Crippen molar-refractivity contribution in [3.63, 3.8) is 0 Å². The lowest BCUT2D eigenvalue weighted by Gasteiger charge is -2.38. The van der Waals surface area contributed by atoms with Gasteiger partial charge in [-0.25, -0.2) is 4.98 Å². The van der Waals surface area contributed by atoms with E-state index in [4.69, 9.17) is 14.2 Å². The molecule has 0 saturated heterocycles. The van der Waals surface area contributed by atoms with Crippen molar-refractivity contribution in [3.05, 3.63) is 51.5 Å². The molecule has 0 spiro atoms. The highest BCUT2D eigenvalue weighted by Crippen LogP contribution is 2.34. The largest absolute Gasteiger partial charge is 0.469 e. The van der Waals surface area contributed by atoms with E-state index in [-0.39, 0.29) is 111 Å². The highest BCUT2D eigenvalue weighted by atomic mass is 32.1. The van der Waals surface area contributed by atoms with Gasteiger partial charge in [0.25, 0.3) is 5.91 Å². The van der Waals surface area contributed by atoms with Crippen LogP contribution in [-0.2, 0) is 54.3 Å². The Hall–Kier alpha value is -6.02. The number of fused-ring (bicyclic) bond motifs is 1. The van der Waals surface area contributed by atoms with E-state index in [1.54, 1.807) is 36.4 Å². The number of hydrogen-bond acceptors (Lipinski definition) is 15. The van der Waals surface area contributed by atoms with Crippen LogP contribution in [0.2, 0.25) is 0 Å². The van der Waals surface area contributed by atoms with Crippen LogP contribution in [0.15, 0.2) is 35.2 Å². The van der Waals surface area contributed by atoms with Crippen molar-refractivity contribution in [2.75, 3.05) is 46.7 Å². The molecular weight excluding hydrogens is 947 g/mol. The number of esters is 3. The van der Waals surface area contributed by atoms with Gasteiger partial charge in [-0.15, -0.1) is 11.3 Å². The van der Waals surface area contributed by atoms with E-state index in [0.29, 0.717) is 17.0 Å². The lowest BCUT2D eigenvalue weighted by Crippen LogP contribution is -2.50.